The predicted molar refractivity (Wildman–Crippen MR) is 73.1 cm³/mol. The number of nitrogens with one attached hydrogen (secondary N) is 1. The summed E-state index contributed by atoms with van der Waals surface area (Å²) in [5.41, 5.74) is 5.43. The molecule has 1 fully saturated rings. The van der Waals surface area contributed by atoms with E-state index in [4.69, 9.17) is 10.5 Å². The molecule has 1 aromatic carbocycles. The van der Waals surface area contributed by atoms with Gasteiger partial charge in [0.1, 0.15) is 5.82 Å². The third kappa shape index (κ3) is 3.54. The Morgan fingerprint density at radius 2 is 2.20 bits per heavy atom. The Labute approximate surface area is 118 Å². The molecule has 20 heavy (non-hydrogen) atoms. The summed E-state index contributed by atoms with van der Waals surface area (Å²) in [6, 6.07) is 3.92. The Kier molecular flexibility index (Phi) is 5.09. The molecule has 0 spiro atoms. The molecule has 1 heterocycles. The molecule has 1 aliphatic heterocycles. The van der Waals surface area contributed by atoms with Crippen LogP contribution in [0.5, 0.6) is 0 Å². The number of nitrogens with two attached hydrogens (primary N) is 1. The molecule has 7 heteroatoms. The van der Waals surface area contributed by atoms with Gasteiger partial charge in [0, 0.05) is 25.3 Å². The van der Waals surface area contributed by atoms with E-state index in [1.807, 2.05) is 0 Å². The summed E-state index contributed by atoms with van der Waals surface area (Å²) >= 11 is 0. The first-order chi connectivity index (χ1) is 9.54. The van der Waals surface area contributed by atoms with Crippen molar-refractivity contribution in [1.82, 2.24) is 4.72 Å². The SMILES string of the molecule is NCc1c(F)cccc1S(=O)(=O)NCC1CCCCO1. The number of benzene rings is 1. The predicted octanol–water partition coefficient (Wildman–Crippen LogP) is 1.13. The van der Waals surface area contributed by atoms with Crippen LogP contribution in [0.4, 0.5) is 4.39 Å². The van der Waals surface area contributed by atoms with Crippen LogP contribution in [-0.4, -0.2) is 27.7 Å². The molecular formula is C13H19FN2O3S. The van der Waals surface area contributed by atoms with E-state index in [0.717, 1.165) is 19.3 Å². The molecule has 1 atom stereocenters. The highest BCUT2D eigenvalue weighted by atomic mass is 32.2. The molecule has 5 nitrogen and oxygen atoms in total. The number of hydrogen-bond acceptors (Lipinski definition) is 4. The molecule has 1 aromatic rings. The van der Waals surface area contributed by atoms with E-state index in [-0.39, 0.29) is 29.7 Å². The summed E-state index contributed by atoms with van der Waals surface area (Å²) in [7, 11) is -3.77. The van der Waals surface area contributed by atoms with Crippen LogP contribution < -0.4 is 10.5 Å². The van der Waals surface area contributed by atoms with Gasteiger partial charge >= 0.3 is 0 Å². The standard InChI is InChI=1S/C13H19FN2O3S/c14-12-5-3-6-13(11(12)8-15)20(17,18)16-9-10-4-1-2-7-19-10/h3,5-6,10,16H,1-2,4,7-9,15H2. The number of sulfonamides is 1. The Morgan fingerprint density at radius 1 is 1.40 bits per heavy atom. The summed E-state index contributed by atoms with van der Waals surface area (Å²) in [6.45, 7) is 0.687. The fourth-order valence-electron chi connectivity index (χ4n) is 2.24. The van der Waals surface area contributed by atoms with E-state index in [1.165, 1.54) is 18.2 Å². The van der Waals surface area contributed by atoms with Gasteiger partial charge < -0.3 is 10.5 Å². The molecule has 0 saturated carbocycles. The van der Waals surface area contributed by atoms with Crippen molar-refractivity contribution in [3.8, 4) is 0 Å². The first-order valence-corrected chi connectivity index (χ1v) is 8.11. The highest BCUT2D eigenvalue weighted by Crippen LogP contribution is 2.19. The Morgan fingerprint density at radius 3 is 2.85 bits per heavy atom. The van der Waals surface area contributed by atoms with Gasteiger partial charge in [-0.05, 0) is 31.4 Å². The molecule has 3 N–H and O–H groups in total. The second kappa shape index (κ2) is 6.62. The monoisotopic (exact) mass is 302 g/mol. The van der Waals surface area contributed by atoms with E-state index in [2.05, 4.69) is 4.72 Å². The van der Waals surface area contributed by atoms with Crippen molar-refractivity contribution in [2.45, 2.75) is 36.8 Å². The zero-order valence-electron chi connectivity index (χ0n) is 11.1. The maximum Gasteiger partial charge on any atom is 0.241 e. The van der Waals surface area contributed by atoms with Crippen LogP contribution in [0.2, 0.25) is 0 Å². The average molecular weight is 302 g/mol. The molecule has 0 radical (unpaired) electrons. The van der Waals surface area contributed by atoms with Gasteiger partial charge in [0.05, 0.1) is 11.0 Å². The Hall–Kier alpha value is -1.02. The molecular weight excluding hydrogens is 283 g/mol. The third-order valence-electron chi connectivity index (χ3n) is 3.34. The number of rotatable bonds is 5. The lowest BCUT2D eigenvalue weighted by Gasteiger charge is -2.23. The van der Waals surface area contributed by atoms with Gasteiger partial charge in [-0.1, -0.05) is 6.07 Å². The molecule has 112 valence electrons. The summed E-state index contributed by atoms with van der Waals surface area (Å²) in [5, 5.41) is 0. The van der Waals surface area contributed by atoms with Crippen molar-refractivity contribution in [3.63, 3.8) is 0 Å². The van der Waals surface area contributed by atoms with Crippen LogP contribution in [0.15, 0.2) is 23.1 Å². The van der Waals surface area contributed by atoms with Crippen molar-refractivity contribution in [1.29, 1.82) is 0 Å². The lowest BCUT2D eigenvalue weighted by atomic mass is 10.1. The third-order valence-corrected chi connectivity index (χ3v) is 4.85. The first-order valence-electron chi connectivity index (χ1n) is 6.63. The van der Waals surface area contributed by atoms with Crippen molar-refractivity contribution in [2.75, 3.05) is 13.2 Å². The summed E-state index contributed by atoms with van der Waals surface area (Å²) in [4.78, 5) is -0.101. The molecule has 1 aliphatic rings. The lowest BCUT2D eigenvalue weighted by Crippen LogP contribution is -2.36. The minimum absolute atomic E-state index is 0.00422. The maximum atomic E-state index is 13.6. The van der Waals surface area contributed by atoms with Gasteiger partial charge in [0.25, 0.3) is 0 Å². The van der Waals surface area contributed by atoms with Crippen LogP contribution in [0.25, 0.3) is 0 Å². The average Bonchev–Trinajstić information content (AvgIpc) is 2.46. The maximum absolute atomic E-state index is 13.6. The minimum Gasteiger partial charge on any atom is -0.377 e. The Balaban J connectivity index is 2.12. The zero-order chi connectivity index (χ0) is 14.6. The van der Waals surface area contributed by atoms with Crippen LogP contribution in [-0.2, 0) is 21.3 Å². The highest BCUT2D eigenvalue weighted by Gasteiger charge is 2.22. The fraction of sp³-hybridized carbons (Fsp3) is 0.538. The lowest BCUT2D eigenvalue weighted by molar-refractivity contribution is 0.0200. The fourth-order valence-corrected chi connectivity index (χ4v) is 3.56. The molecule has 0 bridgehead atoms. The normalized spacial score (nSPS) is 20.0. The zero-order valence-corrected chi connectivity index (χ0v) is 12.0. The van der Waals surface area contributed by atoms with Crippen molar-refractivity contribution in [2.24, 2.45) is 5.73 Å². The van der Waals surface area contributed by atoms with Crippen molar-refractivity contribution in [3.05, 3.63) is 29.6 Å². The van der Waals surface area contributed by atoms with Gasteiger partial charge in [0.2, 0.25) is 10.0 Å². The smallest absolute Gasteiger partial charge is 0.241 e. The number of ether oxygens (including phenoxy) is 1. The van der Waals surface area contributed by atoms with Gasteiger partial charge in [-0.15, -0.1) is 0 Å². The topological polar surface area (TPSA) is 81.4 Å². The minimum atomic E-state index is -3.77. The quantitative estimate of drug-likeness (QED) is 0.854. The van der Waals surface area contributed by atoms with Crippen LogP contribution >= 0.6 is 0 Å². The van der Waals surface area contributed by atoms with Crippen LogP contribution in [0.3, 0.4) is 0 Å². The first kappa shape index (κ1) is 15.4. The van der Waals surface area contributed by atoms with E-state index in [9.17, 15) is 12.8 Å². The van der Waals surface area contributed by atoms with Crippen molar-refractivity contribution >= 4 is 10.0 Å². The van der Waals surface area contributed by atoms with E-state index >= 15 is 0 Å². The van der Waals surface area contributed by atoms with Crippen molar-refractivity contribution < 1.29 is 17.5 Å². The van der Waals surface area contributed by atoms with Gasteiger partial charge in [-0.25, -0.2) is 17.5 Å². The molecule has 0 amide bonds. The summed E-state index contributed by atoms with van der Waals surface area (Å²) in [5.74, 6) is -0.607. The molecule has 1 saturated heterocycles. The highest BCUT2D eigenvalue weighted by molar-refractivity contribution is 7.89. The molecule has 0 aliphatic carbocycles. The second-order valence-electron chi connectivity index (χ2n) is 4.76. The van der Waals surface area contributed by atoms with E-state index in [0.29, 0.717) is 6.61 Å². The number of hydrogen-bond donors (Lipinski definition) is 2. The molecule has 1 unspecified atom stereocenters. The van der Waals surface area contributed by atoms with Gasteiger partial charge in [-0.3, -0.25) is 0 Å². The summed E-state index contributed by atoms with van der Waals surface area (Å²) in [6.07, 6.45) is 2.74. The summed E-state index contributed by atoms with van der Waals surface area (Å²) < 4.78 is 46.0. The molecule has 2 rings (SSSR count). The van der Waals surface area contributed by atoms with E-state index in [1.54, 1.807) is 0 Å². The molecule has 0 aromatic heterocycles. The van der Waals surface area contributed by atoms with Gasteiger partial charge in [0.15, 0.2) is 0 Å². The largest absolute Gasteiger partial charge is 0.377 e. The Bertz CT molecular complexity index is 557. The van der Waals surface area contributed by atoms with Crippen LogP contribution in [0, 0.1) is 5.82 Å². The number of halogens is 1. The second-order valence-corrected chi connectivity index (χ2v) is 6.50. The van der Waals surface area contributed by atoms with Gasteiger partial charge in [-0.2, -0.15) is 0 Å². The van der Waals surface area contributed by atoms with Crippen LogP contribution in [0.1, 0.15) is 24.8 Å². The van der Waals surface area contributed by atoms with E-state index < -0.39 is 15.8 Å².